The first-order valence-electron chi connectivity index (χ1n) is 3.18. The lowest BCUT2D eigenvalue weighted by molar-refractivity contribution is 0.920. The first kappa shape index (κ1) is 6.09. The van der Waals surface area contributed by atoms with Gasteiger partial charge >= 0.3 is 0 Å². The minimum absolute atomic E-state index is 0.459. The highest BCUT2D eigenvalue weighted by Gasteiger charge is 2.03. The van der Waals surface area contributed by atoms with Crippen molar-refractivity contribution in [3.05, 3.63) is 12.3 Å². The molecule has 2 rings (SSSR count). The molecule has 0 aliphatic heterocycles. The molecule has 0 spiro atoms. The molecule has 0 atom stereocenters. The number of nitrogens with zero attached hydrogens (tertiary/aromatic N) is 4. The van der Waals surface area contributed by atoms with E-state index >= 15 is 0 Å². The zero-order valence-electron chi connectivity index (χ0n) is 6.02. The van der Waals surface area contributed by atoms with Gasteiger partial charge in [-0.2, -0.15) is 5.10 Å². The van der Waals surface area contributed by atoms with E-state index in [4.69, 9.17) is 5.73 Å². The number of aryl methyl sites for hydroxylation is 1. The van der Waals surface area contributed by atoms with Gasteiger partial charge < -0.3 is 5.73 Å². The highest BCUT2D eigenvalue weighted by atomic mass is 15.2. The molecule has 0 bridgehead atoms. The van der Waals surface area contributed by atoms with Gasteiger partial charge in [0.05, 0.1) is 6.20 Å². The number of aromatic nitrogens is 4. The van der Waals surface area contributed by atoms with Crippen LogP contribution in [-0.4, -0.2) is 19.7 Å². The van der Waals surface area contributed by atoms with Crippen LogP contribution in [0.3, 0.4) is 0 Å². The monoisotopic (exact) mass is 149 g/mol. The Morgan fingerprint density at radius 2 is 2.36 bits per heavy atom. The van der Waals surface area contributed by atoms with Crippen molar-refractivity contribution >= 4 is 17.1 Å². The lowest BCUT2D eigenvalue weighted by atomic mass is 10.5. The van der Waals surface area contributed by atoms with Gasteiger partial charge in [-0.15, -0.1) is 5.10 Å². The molecular weight excluding hydrogens is 142 g/mol. The van der Waals surface area contributed by atoms with Gasteiger partial charge in [0, 0.05) is 7.05 Å². The van der Waals surface area contributed by atoms with Gasteiger partial charge in [-0.25, -0.2) is 4.98 Å². The van der Waals surface area contributed by atoms with Crippen LogP contribution in [-0.2, 0) is 7.05 Å². The van der Waals surface area contributed by atoms with Crippen LogP contribution in [0.1, 0.15) is 0 Å². The lowest BCUT2D eigenvalue weighted by Crippen LogP contribution is -1.97. The largest absolute Gasteiger partial charge is 0.369 e. The number of nitrogen functional groups attached to an aromatic ring is 1. The van der Waals surface area contributed by atoms with Gasteiger partial charge in [0.15, 0.2) is 5.65 Å². The molecule has 0 aromatic carbocycles. The van der Waals surface area contributed by atoms with Crippen molar-refractivity contribution < 1.29 is 0 Å². The zero-order chi connectivity index (χ0) is 7.84. The average Bonchev–Trinajstić information content (AvgIpc) is 2.30. The summed E-state index contributed by atoms with van der Waals surface area (Å²) in [4.78, 5) is 4.05. The fourth-order valence-electron chi connectivity index (χ4n) is 0.951. The third kappa shape index (κ3) is 0.739. The van der Waals surface area contributed by atoms with Gasteiger partial charge in [0.25, 0.3) is 0 Å². The molecule has 0 saturated heterocycles. The van der Waals surface area contributed by atoms with Crippen molar-refractivity contribution in [3.63, 3.8) is 0 Å². The Labute approximate surface area is 62.9 Å². The van der Waals surface area contributed by atoms with Crippen molar-refractivity contribution in [1.29, 1.82) is 0 Å². The van der Waals surface area contributed by atoms with E-state index in [1.807, 2.05) is 0 Å². The second-order valence-corrected chi connectivity index (χ2v) is 2.27. The third-order valence-corrected chi connectivity index (χ3v) is 1.58. The van der Waals surface area contributed by atoms with Crippen molar-refractivity contribution in [2.45, 2.75) is 0 Å². The molecule has 0 aliphatic rings. The van der Waals surface area contributed by atoms with E-state index in [1.165, 1.54) is 0 Å². The fourth-order valence-corrected chi connectivity index (χ4v) is 0.951. The molecule has 56 valence electrons. The summed E-state index contributed by atoms with van der Waals surface area (Å²) in [5.41, 5.74) is 7.03. The van der Waals surface area contributed by atoms with Crippen LogP contribution in [0.5, 0.6) is 0 Å². The minimum Gasteiger partial charge on any atom is -0.369 e. The van der Waals surface area contributed by atoms with Gasteiger partial charge in [0.1, 0.15) is 5.52 Å². The van der Waals surface area contributed by atoms with E-state index in [1.54, 1.807) is 23.9 Å². The highest BCUT2D eigenvalue weighted by Crippen LogP contribution is 2.10. The summed E-state index contributed by atoms with van der Waals surface area (Å²) in [7, 11) is 1.80. The Hall–Kier alpha value is -1.65. The molecule has 0 saturated carbocycles. The van der Waals surface area contributed by atoms with Gasteiger partial charge in [-0.3, -0.25) is 4.57 Å². The Kier molecular flexibility index (Phi) is 1.06. The Balaban J connectivity index is 2.92. The molecular formula is C6H7N5. The molecule has 2 aromatic rings. The topological polar surface area (TPSA) is 69.6 Å². The molecule has 11 heavy (non-hydrogen) atoms. The average molecular weight is 149 g/mol. The van der Waals surface area contributed by atoms with Crippen molar-refractivity contribution in [1.82, 2.24) is 19.7 Å². The Morgan fingerprint density at radius 3 is 3.09 bits per heavy atom. The van der Waals surface area contributed by atoms with E-state index < -0.39 is 0 Å². The molecule has 2 aromatic heterocycles. The summed E-state index contributed by atoms with van der Waals surface area (Å²) in [6, 6.07) is 1.78. The maximum absolute atomic E-state index is 5.54. The molecule has 0 amide bonds. The van der Waals surface area contributed by atoms with Crippen molar-refractivity contribution in [2.24, 2.45) is 7.05 Å². The van der Waals surface area contributed by atoms with Crippen LogP contribution in [0.2, 0.25) is 0 Å². The number of rotatable bonds is 0. The Bertz CT molecular complexity index is 391. The summed E-state index contributed by atoms with van der Waals surface area (Å²) in [6.07, 6.45) is 1.59. The SMILES string of the molecule is Cn1c(N)nc2ccnnc21. The predicted octanol–water partition coefficient (Wildman–Crippen LogP) is -0.0545. The van der Waals surface area contributed by atoms with Crippen molar-refractivity contribution in [3.8, 4) is 0 Å². The van der Waals surface area contributed by atoms with Gasteiger partial charge in [0.2, 0.25) is 5.95 Å². The molecule has 5 heteroatoms. The van der Waals surface area contributed by atoms with E-state index in [0.717, 1.165) is 5.52 Å². The van der Waals surface area contributed by atoms with Crippen molar-refractivity contribution in [2.75, 3.05) is 5.73 Å². The van der Waals surface area contributed by atoms with Crippen LogP contribution in [0, 0.1) is 0 Å². The number of hydrogen-bond acceptors (Lipinski definition) is 4. The smallest absolute Gasteiger partial charge is 0.202 e. The maximum Gasteiger partial charge on any atom is 0.202 e. The third-order valence-electron chi connectivity index (χ3n) is 1.58. The Morgan fingerprint density at radius 1 is 1.55 bits per heavy atom. The summed E-state index contributed by atoms with van der Waals surface area (Å²) in [6.45, 7) is 0. The second-order valence-electron chi connectivity index (χ2n) is 2.27. The normalized spacial score (nSPS) is 10.6. The molecule has 0 radical (unpaired) electrons. The summed E-state index contributed by atoms with van der Waals surface area (Å²) >= 11 is 0. The molecule has 0 unspecified atom stereocenters. The number of nitrogens with two attached hydrogens (primary N) is 1. The second kappa shape index (κ2) is 1.91. The summed E-state index contributed by atoms with van der Waals surface area (Å²) in [5, 5.41) is 7.59. The molecule has 5 nitrogen and oxygen atoms in total. The maximum atomic E-state index is 5.54. The zero-order valence-corrected chi connectivity index (χ0v) is 6.02. The van der Waals surface area contributed by atoms with Crippen LogP contribution < -0.4 is 5.73 Å². The van der Waals surface area contributed by atoms with Gasteiger partial charge in [-0.1, -0.05) is 0 Å². The van der Waals surface area contributed by atoms with Crippen LogP contribution in [0.25, 0.3) is 11.2 Å². The predicted molar refractivity (Wildman–Crippen MR) is 40.7 cm³/mol. The van der Waals surface area contributed by atoms with Crippen LogP contribution in [0.4, 0.5) is 5.95 Å². The molecule has 2 N–H and O–H groups in total. The first-order chi connectivity index (χ1) is 5.29. The lowest BCUT2D eigenvalue weighted by Gasteiger charge is -1.91. The standard InChI is InChI=1S/C6H7N5/c1-11-5-4(9-6(11)7)2-3-8-10-5/h2-3H,1H3,(H2,7,9). The minimum atomic E-state index is 0.459. The van der Waals surface area contributed by atoms with E-state index in [0.29, 0.717) is 11.6 Å². The molecule has 0 aliphatic carbocycles. The van der Waals surface area contributed by atoms with Crippen LogP contribution >= 0.6 is 0 Å². The quantitative estimate of drug-likeness (QED) is 0.570. The number of fused-ring (bicyclic) bond motifs is 1. The summed E-state index contributed by atoms with van der Waals surface area (Å²) < 4.78 is 1.70. The number of hydrogen-bond donors (Lipinski definition) is 1. The number of anilines is 1. The first-order valence-corrected chi connectivity index (χ1v) is 3.18. The number of imidazole rings is 1. The summed E-state index contributed by atoms with van der Waals surface area (Å²) in [5.74, 6) is 0.459. The van der Waals surface area contributed by atoms with Gasteiger partial charge in [-0.05, 0) is 6.07 Å². The van der Waals surface area contributed by atoms with E-state index in [-0.39, 0.29) is 0 Å². The molecule has 2 heterocycles. The van der Waals surface area contributed by atoms with E-state index in [2.05, 4.69) is 15.2 Å². The molecule has 0 fully saturated rings. The van der Waals surface area contributed by atoms with Crippen LogP contribution in [0.15, 0.2) is 12.3 Å². The highest BCUT2D eigenvalue weighted by molar-refractivity contribution is 5.72. The van der Waals surface area contributed by atoms with E-state index in [9.17, 15) is 0 Å². The fraction of sp³-hybridized carbons (Fsp3) is 0.167.